The predicted molar refractivity (Wildman–Crippen MR) is 54.6 cm³/mol. The minimum atomic E-state index is -6.48. The molecule has 0 N–H and O–H groups in total. The maximum absolute atomic E-state index is 12.9. The summed E-state index contributed by atoms with van der Waals surface area (Å²) >= 11 is 0. The first-order chi connectivity index (χ1) is 8.33. The highest BCUT2D eigenvalue weighted by Gasteiger charge is 2.60. The van der Waals surface area contributed by atoms with Gasteiger partial charge in [-0.05, 0) is 13.3 Å². The van der Waals surface area contributed by atoms with Crippen LogP contribution in [0.4, 0.5) is 17.6 Å². The average molecular weight is 307 g/mol. The van der Waals surface area contributed by atoms with Crippen molar-refractivity contribution in [1.29, 1.82) is 0 Å². The van der Waals surface area contributed by atoms with E-state index in [1.54, 1.807) is 0 Å². The van der Waals surface area contributed by atoms with Crippen LogP contribution in [0.1, 0.15) is 19.8 Å². The molecule has 0 atom stereocenters. The topological polar surface area (TPSA) is 83.5 Å². The lowest BCUT2D eigenvalue weighted by molar-refractivity contribution is -0.167. The second kappa shape index (κ2) is 5.87. The number of alkyl halides is 4. The van der Waals surface area contributed by atoms with Crippen LogP contribution < -0.4 is 0 Å². The van der Waals surface area contributed by atoms with E-state index in [9.17, 15) is 35.3 Å². The van der Waals surface area contributed by atoms with Crippen molar-refractivity contribution in [1.82, 2.24) is 0 Å². The van der Waals surface area contributed by atoms with Crippen molar-refractivity contribution in [3.63, 3.8) is 0 Å². The summed E-state index contributed by atoms with van der Waals surface area (Å²) in [4.78, 5) is 10.8. The van der Waals surface area contributed by atoms with Gasteiger partial charge in [0.2, 0.25) is 0 Å². The molecule has 0 fully saturated rings. The SMILES string of the molecule is C=C(C)C(=O)OCCCC(F)(F)C(F)(F)S(=O)(=O)[O-]. The Kier molecular flexibility index (Phi) is 5.51. The van der Waals surface area contributed by atoms with Crippen molar-refractivity contribution < 1.29 is 40.1 Å². The summed E-state index contributed by atoms with van der Waals surface area (Å²) in [5, 5.41) is -5.71. The number of esters is 1. The van der Waals surface area contributed by atoms with E-state index in [2.05, 4.69) is 11.3 Å². The molecule has 0 saturated carbocycles. The molecule has 19 heavy (non-hydrogen) atoms. The first kappa shape index (κ1) is 17.8. The van der Waals surface area contributed by atoms with E-state index < -0.39 is 46.7 Å². The van der Waals surface area contributed by atoms with Crippen LogP contribution in [0.2, 0.25) is 0 Å². The van der Waals surface area contributed by atoms with Gasteiger partial charge in [-0.15, -0.1) is 0 Å². The molecule has 0 spiro atoms. The van der Waals surface area contributed by atoms with Crippen LogP contribution in [0, 0.1) is 0 Å². The number of rotatable bonds is 7. The third-order valence-corrected chi connectivity index (χ3v) is 2.88. The Bertz CT molecular complexity index is 457. The van der Waals surface area contributed by atoms with E-state index in [4.69, 9.17) is 0 Å². The summed E-state index contributed by atoms with van der Waals surface area (Å²) in [5.41, 5.74) is -0.0146. The molecule has 0 aliphatic heterocycles. The second-order valence-corrected chi connectivity index (χ2v) is 5.12. The molecule has 10 heteroatoms. The van der Waals surface area contributed by atoms with Gasteiger partial charge < -0.3 is 9.29 Å². The molecule has 0 aromatic heterocycles. The van der Waals surface area contributed by atoms with Crippen LogP contribution in [0.15, 0.2) is 12.2 Å². The predicted octanol–water partition coefficient (Wildman–Crippen LogP) is 1.66. The minimum absolute atomic E-state index is 0.0146. The van der Waals surface area contributed by atoms with Gasteiger partial charge >= 0.3 is 17.1 Å². The fourth-order valence-electron chi connectivity index (χ4n) is 0.911. The van der Waals surface area contributed by atoms with Crippen LogP contribution in [0.5, 0.6) is 0 Å². The van der Waals surface area contributed by atoms with Crippen molar-refractivity contribution in [2.45, 2.75) is 30.9 Å². The highest BCUT2D eigenvalue weighted by molar-refractivity contribution is 7.86. The number of halogens is 4. The first-order valence-electron chi connectivity index (χ1n) is 4.86. The summed E-state index contributed by atoms with van der Waals surface area (Å²) in [7, 11) is -6.48. The molecule has 0 saturated heterocycles. The molecule has 0 aliphatic rings. The molecule has 0 aromatic rings. The molecule has 0 aliphatic carbocycles. The maximum Gasteiger partial charge on any atom is 0.396 e. The van der Waals surface area contributed by atoms with Crippen molar-refractivity contribution in [2.75, 3.05) is 6.61 Å². The van der Waals surface area contributed by atoms with Gasteiger partial charge in [0.05, 0.1) is 6.61 Å². The molecule has 5 nitrogen and oxygen atoms in total. The van der Waals surface area contributed by atoms with E-state index in [0.717, 1.165) is 0 Å². The van der Waals surface area contributed by atoms with Gasteiger partial charge in [0.1, 0.15) is 0 Å². The van der Waals surface area contributed by atoms with E-state index in [1.807, 2.05) is 0 Å². The zero-order valence-electron chi connectivity index (χ0n) is 9.79. The molecule has 0 amide bonds. The van der Waals surface area contributed by atoms with Gasteiger partial charge in [0.15, 0.2) is 10.1 Å². The number of carbonyl (C=O) groups excluding carboxylic acids is 1. The highest BCUT2D eigenvalue weighted by atomic mass is 32.2. The van der Waals surface area contributed by atoms with Gasteiger partial charge in [-0.1, -0.05) is 6.58 Å². The molecular weight excluding hydrogens is 296 g/mol. The summed E-state index contributed by atoms with van der Waals surface area (Å²) < 4.78 is 85.6. The fraction of sp³-hybridized carbons (Fsp3) is 0.667. The van der Waals surface area contributed by atoms with Crippen LogP contribution in [-0.2, 0) is 19.6 Å². The number of ether oxygens (including phenoxy) is 1. The zero-order chi connectivity index (χ0) is 15.5. The average Bonchev–Trinajstić information content (AvgIpc) is 2.21. The van der Waals surface area contributed by atoms with Gasteiger partial charge in [-0.3, -0.25) is 0 Å². The Morgan fingerprint density at radius 2 is 1.79 bits per heavy atom. The van der Waals surface area contributed by atoms with Crippen molar-refractivity contribution in [3.05, 3.63) is 12.2 Å². The van der Waals surface area contributed by atoms with Crippen LogP contribution in [0.25, 0.3) is 0 Å². The molecular formula is C9H11F4O5S-. The number of carbonyl (C=O) groups is 1. The van der Waals surface area contributed by atoms with E-state index in [0.29, 0.717) is 0 Å². The van der Waals surface area contributed by atoms with Crippen LogP contribution in [-0.4, -0.2) is 36.7 Å². The zero-order valence-corrected chi connectivity index (χ0v) is 10.6. The third-order valence-electron chi connectivity index (χ3n) is 1.96. The Hall–Kier alpha value is -1.16. The quantitative estimate of drug-likeness (QED) is 0.235. The molecule has 0 bridgehead atoms. The second-order valence-electron chi connectivity index (χ2n) is 3.70. The van der Waals surface area contributed by atoms with Gasteiger partial charge in [-0.2, -0.15) is 17.6 Å². The van der Waals surface area contributed by atoms with Gasteiger partial charge in [0.25, 0.3) is 0 Å². The summed E-state index contributed by atoms with van der Waals surface area (Å²) in [6.45, 7) is 3.85. The maximum atomic E-state index is 12.9. The minimum Gasteiger partial charge on any atom is -0.743 e. The Balaban J connectivity index is 4.49. The Labute approximate surface area is 107 Å². The summed E-state index contributed by atoms with van der Waals surface area (Å²) in [6.07, 6.45) is -2.36. The van der Waals surface area contributed by atoms with Crippen molar-refractivity contribution in [3.8, 4) is 0 Å². The van der Waals surface area contributed by atoms with E-state index in [1.165, 1.54) is 6.92 Å². The summed E-state index contributed by atoms with van der Waals surface area (Å²) in [6, 6.07) is 0. The fourth-order valence-corrected chi connectivity index (χ4v) is 1.38. The molecule has 0 unspecified atom stereocenters. The summed E-state index contributed by atoms with van der Waals surface area (Å²) in [5.74, 6) is -5.94. The molecule has 0 radical (unpaired) electrons. The third kappa shape index (κ3) is 4.46. The van der Waals surface area contributed by atoms with Crippen LogP contribution >= 0.6 is 0 Å². The Morgan fingerprint density at radius 1 is 1.32 bits per heavy atom. The highest BCUT2D eigenvalue weighted by Crippen LogP contribution is 2.41. The normalized spacial score (nSPS) is 13.2. The van der Waals surface area contributed by atoms with Crippen LogP contribution in [0.3, 0.4) is 0 Å². The van der Waals surface area contributed by atoms with Gasteiger partial charge in [-0.25, -0.2) is 13.2 Å². The van der Waals surface area contributed by atoms with Gasteiger partial charge in [0, 0.05) is 12.0 Å². The number of hydrogen-bond donors (Lipinski definition) is 0. The van der Waals surface area contributed by atoms with E-state index >= 15 is 0 Å². The lowest BCUT2D eigenvalue weighted by Gasteiger charge is -2.28. The number of hydrogen-bond acceptors (Lipinski definition) is 5. The monoisotopic (exact) mass is 307 g/mol. The van der Waals surface area contributed by atoms with E-state index in [-0.39, 0.29) is 5.57 Å². The standard InChI is InChI=1S/C9H12F4O5S/c1-6(2)7(14)18-5-3-4-8(10,11)9(12,13)19(15,16)17/h1,3-5H2,2H3,(H,15,16,17)/p-1. The largest absolute Gasteiger partial charge is 0.743 e. The smallest absolute Gasteiger partial charge is 0.396 e. The lowest BCUT2D eigenvalue weighted by Crippen LogP contribution is -2.46. The molecule has 0 aromatic carbocycles. The van der Waals surface area contributed by atoms with Crippen molar-refractivity contribution in [2.24, 2.45) is 0 Å². The molecule has 0 rings (SSSR count). The Morgan fingerprint density at radius 3 is 2.16 bits per heavy atom. The lowest BCUT2D eigenvalue weighted by atomic mass is 10.2. The molecule has 0 heterocycles. The molecule has 112 valence electrons. The van der Waals surface area contributed by atoms with Crippen molar-refractivity contribution >= 4 is 16.1 Å². The first-order valence-corrected chi connectivity index (χ1v) is 6.27.